The topological polar surface area (TPSA) is 92.9 Å². The summed E-state index contributed by atoms with van der Waals surface area (Å²) in [5, 5.41) is 14.0. The Morgan fingerprint density at radius 2 is 1.86 bits per heavy atom. The average Bonchev–Trinajstić information content (AvgIpc) is 3.23. The number of hydrogen-bond acceptors (Lipinski definition) is 6. The normalized spacial score (nSPS) is 38.8. The molecule has 6 rings (SSSR count). The number of likely N-dealkylation sites (tertiary alicyclic amines) is 1. The van der Waals surface area contributed by atoms with Gasteiger partial charge in [-0.1, -0.05) is 5.16 Å². The Bertz CT molecular complexity index is 752. The summed E-state index contributed by atoms with van der Waals surface area (Å²) >= 11 is 0. The van der Waals surface area contributed by atoms with Crippen molar-refractivity contribution < 1.29 is 24.0 Å². The lowest BCUT2D eigenvalue weighted by molar-refractivity contribution is -0.166. The number of rotatable bonds is 4. The maximum atomic E-state index is 13.6. The van der Waals surface area contributed by atoms with Gasteiger partial charge in [-0.15, -0.1) is 0 Å². The van der Waals surface area contributed by atoms with E-state index in [-0.39, 0.29) is 30.9 Å². The van der Waals surface area contributed by atoms with Gasteiger partial charge in [-0.3, -0.25) is 4.79 Å². The van der Waals surface area contributed by atoms with Crippen molar-refractivity contribution in [3.05, 3.63) is 17.5 Å². The number of hydrogen-bond donors (Lipinski definition) is 1. The summed E-state index contributed by atoms with van der Waals surface area (Å²) < 4.78 is 10.5. The van der Waals surface area contributed by atoms with Crippen molar-refractivity contribution in [2.45, 2.75) is 70.6 Å². The monoisotopic (exact) mass is 388 g/mol. The summed E-state index contributed by atoms with van der Waals surface area (Å²) in [4.78, 5) is 28.0. The molecule has 7 heteroatoms. The Balaban J connectivity index is 1.30. The van der Waals surface area contributed by atoms with E-state index in [0.29, 0.717) is 23.5 Å². The molecule has 4 saturated carbocycles. The second-order valence-electron chi connectivity index (χ2n) is 9.60. The lowest BCUT2D eigenvalue weighted by Gasteiger charge is -2.56. The highest BCUT2D eigenvalue weighted by Crippen LogP contribution is 2.60. The highest BCUT2D eigenvalue weighted by atomic mass is 16.6. The van der Waals surface area contributed by atoms with E-state index in [1.165, 1.54) is 19.3 Å². The van der Waals surface area contributed by atoms with Crippen LogP contribution in [-0.4, -0.2) is 45.7 Å². The number of esters is 1. The molecule has 1 aromatic rings. The zero-order valence-corrected chi connectivity index (χ0v) is 16.3. The highest BCUT2D eigenvalue weighted by molar-refractivity contribution is 5.89. The third kappa shape index (κ3) is 3.04. The molecule has 5 aliphatic rings. The van der Waals surface area contributed by atoms with Crippen molar-refractivity contribution in [3.8, 4) is 0 Å². The Kier molecular flexibility index (Phi) is 4.27. The molecule has 1 unspecified atom stereocenters. The van der Waals surface area contributed by atoms with Crippen LogP contribution in [0.15, 0.2) is 10.6 Å². The zero-order chi connectivity index (χ0) is 19.5. The molecule has 1 aliphatic heterocycles. The minimum absolute atomic E-state index is 0.00827. The molecule has 2 atom stereocenters. The summed E-state index contributed by atoms with van der Waals surface area (Å²) in [6.45, 7) is 2.02. The fourth-order valence-corrected chi connectivity index (χ4v) is 6.66. The molecule has 1 amide bonds. The van der Waals surface area contributed by atoms with E-state index in [1.54, 1.807) is 17.9 Å². The van der Waals surface area contributed by atoms with Crippen molar-refractivity contribution in [2.24, 2.45) is 23.2 Å². The van der Waals surface area contributed by atoms with E-state index >= 15 is 0 Å². The van der Waals surface area contributed by atoms with Gasteiger partial charge < -0.3 is 19.3 Å². The van der Waals surface area contributed by atoms with E-state index in [2.05, 4.69) is 5.16 Å². The number of aliphatic hydroxyl groups excluding tert-OH is 1. The van der Waals surface area contributed by atoms with Crippen molar-refractivity contribution in [2.75, 3.05) is 6.54 Å². The van der Waals surface area contributed by atoms with Crippen LogP contribution in [0.1, 0.15) is 56.4 Å². The summed E-state index contributed by atoms with van der Waals surface area (Å²) in [5.41, 5.74) is 0.403. The number of carbonyl (C=O) groups excluding carboxylic acids is 2. The number of aryl methyl sites for hydroxylation is 1. The van der Waals surface area contributed by atoms with Crippen LogP contribution in [0.3, 0.4) is 0 Å². The molecule has 5 fully saturated rings. The number of aromatic nitrogens is 1. The van der Waals surface area contributed by atoms with E-state index < -0.39 is 18.1 Å². The third-order valence-electron chi connectivity index (χ3n) is 7.34. The number of aliphatic hydroxyl groups is 1. The fraction of sp³-hybridized carbons (Fsp3) is 0.762. The van der Waals surface area contributed by atoms with Crippen LogP contribution in [0, 0.1) is 30.1 Å². The van der Waals surface area contributed by atoms with Gasteiger partial charge in [0.25, 0.3) is 0 Å². The first-order valence-corrected chi connectivity index (χ1v) is 10.5. The quantitative estimate of drug-likeness (QED) is 0.795. The van der Waals surface area contributed by atoms with Gasteiger partial charge >= 0.3 is 5.97 Å². The lowest BCUT2D eigenvalue weighted by atomic mass is 9.49. The lowest BCUT2D eigenvalue weighted by Crippen LogP contribution is -2.56. The second-order valence-corrected chi connectivity index (χ2v) is 9.60. The Morgan fingerprint density at radius 1 is 1.21 bits per heavy atom. The largest absolute Gasteiger partial charge is 0.456 e. The molecule has 0 aromatic carbocycles. The first kappa shape index (κ1) is 18.2. The van der Waals surface area contributed by atoms with Crippen LogP contribution in [0.5, 0.6) is 0 Å². The van der Waals surface area contributed by atoms with Crippen LogP contribution >= 0.6 is 0 Å². The van der Waals surface area contributed by atoms with Crippen LogP contribution in [0.2, 0.25) is 0 Å². The summed E-state index contributed by atoms with van der Waals surface area (Å²) in [6.07, 6.45) is 6.19. The number of carbonyl (C=O) groups is 2. The molecular weight excluding hydrogens is 360 g/mol. The molecule has 1 aromatic heterocycles. The van der Waals surface area contributed by atoms with Gasteiger partial charge in [0, 0.05) is 19.0 Å². The van der Waals surface area contributed by atoms with Gasteiger partial charge in [0.1, 0.15) is 6.04 Å². The Labute approximate surface area is 164 Å². The molecule has 1 saturated heterocycles. The molecule has 1 N–H and O–H groups in total. The SMILES string of the molecule is Cc1cc(COC(=O)[C@@H]2CC(O)CN2C(=O)C23CC4CC(CC(C4)C2)C3)on1. The van der Waals surface area contributed by atoms with Crippen molar-refractivity contribution >= 4 is 11.9 Å². The smallest absolute Gasteiger partial charge is 0.329 e. The molecule has 4 aliphatic carbocycles. The average molecular weight is 388 g/mol. The van der Waals surface area contributed by atoms with Gasteiger partial charge in [0.15, 0.2) is 12.4 Å². The van der Waals surface area contributed by atoms with Gasteiger partial charge in [0.2, 0.25) is 5.91 Å². The number of nitrogens with zero attached hydrogens (tertiary/aromatic N) is 2. The minimum Gasteiger partial charge on any atom is -0.456 e. The Morgan fingerprint density at radius 3 is 2.43 bits per heavy atom. The van der Waals surface area contributed by atoms with Crippen molar-refractivity contribution in [1.82, 2.24) is 10.1 Å². The predicted octanol–water partition coefficient (Wildman–Crippen LogP) is 2.20. The minimum atomic E-state index is -0.709. The molecular formula is C21H28N2O5. The third-order valence-corrected chi connectivity index (χ3v) is 7.34. The van der Waals surface area contributed by atoms with Crippen molar-refractivity contribution in [3.63, 3.8) is 0 Å². The van der Waals surface area contributed by atoms with Crippen LogP contribution in [0.4, 0.5) is 0 Å². The molecule has 2 heterocycles. The van der Waals surface area contributed by atoms with E-state index in [0.717, 1.165) is 25.0 Å². The number of β-amino-alcohol motifs (C(OH)–C–C–N with tert-alkyl or cyclic N) is 1. The molecule has 0 radical (unpaired) electrons. The maximum absolute atomic E-state index is 13.6. The molecule has 28 heavy (non-hydrogen) atoms. The summed E-state index contributed by atoms with van der Waals surface area (Å²) in [7, 11) is 0. The van der Waals surface area contributed by atoms with Crippen LogP contribution in [-0.2, 0) is 20.9 Å². The van der Waals surface area contributed by atoms with Gasteiger partial charge in [-0.2, -0.15) is 0 Å². The fourth-order valence-electron chi connectivity index (χ4n) is 6.66. The van der Waals surface area contributed by atoms with E-state index in [4.69, 9.17) is 9.26 Å². The Hall–Kier alpha value is -1.89. The second kappa shape index (κ2) is 6.58. The first-order valence-electron chi connectivity index (χ1n) is 10.5. The van der Waals surface area contributed by atoms with E-state index in [1.807, 2.05) is 0 Å². The number of ether oxygens (including phenoxy) is 1. The van der Waals surface area contributed by atoms with Crippen molar-refractivity contribution in [1.29, 1.82) is 0 Å². The highest BCUT2D eigenvalue weighted by Gasteiger charge is 2.57. The van der Waals surface area contributed by atoms with Gasteiger partial charge in [-0.05, 0) is 63.2 Å². The van der Waals surface area contributed by atoms with Gasteiger partial charge in [0.05, 0.1) is 17.2 Å². The first-order chi connectivity index (χ1) is 13.4. The summed E-state index contributed by atoms with van der Waals surface area (Å²) in [5.74, 6) is 2.04. The molecule has 152 valence electrons. The van der Waals surface area contributed by atoms with Crippen LogP contribution in [0.25, 0.3) is 0 Å². The van der Waals surface area contributed by atoms with E-state index in [9.17, 15) is 14.7 Å². The molecule has 4 bridgehead atoms. The maximum Gasteiger partial charge on any atom is 0.329 e. The molecule has 7 nitrogen and oxygen atoms in total. The molecule has 0 spiro atoms. The number of amides is 1. The predicted molar refractivity (Wildman–Crippen MR) is 97.8 cm³/mol. The zero-order valence-electron chi connectivity index (χ0n) is 16.3. The summed E-state index contributed by atoms with van der Waals surface area (Å²) in [6, 6.07) is 1.01. The van der Waals surface area contributed by atoms with Gasteiger partial charge in [-0.25, -0.2) is 4.79 Å². The van der Waals surface area contributed by atoms with Crippen LogP contribution < -0.4 is 0 Å². The standard InChI is InChI=1S/C21H28N2O5/c1-12-2-17(28-22-12)11-27-19(25)18-6-16(24)10-23(18)20(26)21-7-13-3-14(8-21)5-15(4-13)9-21/h2,13-16,18,24H,3-11H2,1H3/t13?,14?,15?,16?,18-,21?/m0/s1.